The molecule has 22 heavy (non-hydrogen) atoms. The van der Waals surface area contributed by atoms with Crippen molar-refractivity contribution in [3.63, 3.8) is 0 Å². The fourth-order valence-electron chi connectivity index (χ4n) is 1.96. The number of carbonyl (C=O) groups is 1. The Morgan fingerprint density at radius 2 is 1.55 bits per heavy atom. The Bertz CT molecular complexity index is 469. The summed E-state index contributed by atoms with van der Waals surface area (Å²) >= 11 is 0. The third-order valence-electron chi connectivity index (χ3n) is 3.21. The van der Waals surface area contributed by atoms with Crippen LogP contribution in [-0.4, -0.2) is 18.9 Å². The molecule has 0 amide bonds. The van der Waals surface area contributed by atoms with Crippen LogP contribution in [0.1, 0.15) is 39.0 Å². The molecule has 0 radical (unpaired) electrons. The highest BCUT2D eigenvalue weighted by molar-refractivity contribution is 5.84. The molecule has 0 spiro atoms. The molecule has 0 aromatic heterocycles. The predicted octanol–water partition coefficient (Wildman–Crippen LogP) is 4.64. The second kappa shape index (κ2) is 10.8. The molecule has 1 aliphatic heterocycles. The number of hydrogen-bond donors (Lipinski definition) is 0. The molecule has 0 saturated carbocycles. The van der Waals surface area contributed by atoms with Gasteiger partial charge in [0.05, 0.1) is 0 Å². The third kappa shape index (κ3) is 7.23. The van der Waals surface area contributed by atoms with E-state index in [1.54, 1.807) is 13.2 Å². The van der Waals surface area contributed by atoms with Gasteiger partial charge in [0.15, 0.2) is 0 Å². The summed E-state index contributed by atoms with van der Waals surface area (Å²) in [5.74, 6) is -1.26. The van der Waals surface area contributed by atoms with Gasteiger partial charge >= 0.3 is 5.97 Å². The van der Waals surface area contributed by atoms with Crippen molar-refractivity contribution in [1.82, 2.24) is 0 Å². The Hall–Kier alpha value is -1.87. The first kappa shape index (κ1) is 18.2. The Labute approximate surface area is 133 Å². The number of esters is 1. The van der Waals surface area contributed by atoms with Crippen LogP contribution < -0.4 is 0 Å². The first-order chi connectivity index (χ1) is 10.7. The number of ether oxygens (including phenoxy) is 2. The van der Waals surface area contributed by atoms with E-state index in [4.69, 9.17) is 9.47 Å². The molecule has 3 heteroatoms. The van der Waals surface area contributed by atoms with Crippen molar-refractivity contribution < 1.29 is 14.3 Å². The maximum atomic E-state index is 11.1. The molecule has 0 aliphatic carbocycles. The lowest BCUT2D eigenvalue weighted by atomic mass is 10.1. The van der Waals surface area contributed by atoms with Crippen molar-refractivity contribution in [3.8, 4) is 0 Å². The van der Waals surface area contributed by atoms with E-state index in [0.717, 1.165) is 25.7 Å². The minimum Gasteiger partial charge on any atom is -0.426 e. The zero-order valence-electron chi connectivity index (χ0n) is 13.5. The average Bonchev–Trinajstić information content (AvgIpc) is 2.90. The van der Waals surface area contributed by atoms with Gasteiger partial charge in [-0.3, -0.25) is 0 Å². The average molecular weight is 302 g/mol. The lowest BCUT2D eigenvalue weighted by Gasteiger charge is -2.22. The lowest BCUT2D eigenvalue weighted by molar-refractivity contribution is -0.186. The SMILES string of the molecule is CC/C=C/C/C=C\C/C=C\C/C=C\CC1(OC)C=CC(=O)O1. The van der Waals surface area contributed by atoms with Gasteiger partial charge in [0, 0.05) is 19.6 Å². The summed E-state index contributed by atoms with van der Waals surface area (Å²) in [6, 6.07) is 0. The minimum absolute atomic E-state index is 0.351. The monoisotopic (exact) mass is 302 g/mol. The fourth-order valence-corrected chi connectivity index (χ4v) is 1.96. The number of rotatable bonds is 10. The predicted molar refractivity (Wildman–Crippen MR) is 90.3 cm³/mol. The standard InChI is InChI=1S/C19H26O3/c1-3-4-5-6-7-8-9-10-11-12-13-14-16-19(21-2)17-15-18(20)22-19/h4-5,7-8,10-11,13-15,17H,3,6,9,12,16H2,1-2H3/b5-4+,8-7-,11-10-,14-13-. The van der Waals surface area contributed by atoms with E-state index >= 15 is 0 Å². The summed E-state index contributed by atoms with van der Waals surface area (Å²) in [5.41, 5.74) is 0. The molecule has 0 fully saturated rings. The van der Waals surface area contributed by atoms with E-state index < -0.39 is 5.79 Å². The van der Waals surface area contributed by atoms with Crippen LogP contribution >= 0.6 is 0 Å². The van der Waals surface area contributed by atoms with Crippen molar-refractivity contribution in [2.45, 2.75) is 44.8 Å². The smallest absolute Gasteiger partial charge is 0.333 e. The number of allylic oxidation sites excluding steroid dienone is 7. The molecular weight excluding hydrogens is 276 g/mol. The maximum absolute atomic E-state index is 11.1. The summed E-state index contributed by atoms with van der Waals surface area (Å²) < 4.78 is 10.4. The molecule has 0 N–H and O–H groups in total. The topological polar surface area (TPSA) is 35.5 Å². The molecule has 1 aliphatic rings. The number of carbonyl (C=O) groups excluding carboxylic acids is 1. The van der Waals surface area contributed by atoms with Crippen LogP contribution in [0.15, 0.2) is 60.8 Å². The molecule has 0 bridgehead atoms. The van der Waals surface area contributed by atoms with Crippen molar-refractivity contribution in [1.29, 1.82) is 0 Å². The molecule has 120 valence electrons. The number of hydrogen-bond acceptors (Lipinski definition) is 3. The van der Waals surface area contributed by atoms with Gasteiger partial charge in [-0.05, 0) is 31.8 Å². The van der Waals surface area contributed by atoms with Gasteiger partial charge in [0.1, 0.15) is 0 Å². The fraction of sp³-hybridized carbons (Fsp3) is 0.421. The van der Waals surface area contributed by atoms with Crippen LogP contribution in [0.2, 0.25) is 0 Å². The van der Waals surface area contributed by atoms with Crippen LogP contribution in [0.5, 0.6) is 0 Å². The van der Waals surface area contributed by atoms with Gasteiger partial charge in [-0.1, -0.05) is 55.5 Å². The van der Waals surface area contributed by atoms with Crippen LogP contribution in [0.3, 0.4) is 0 Å². The van der Waals surface area contributed by atoms with E-state index in [1.165, 1.54) is 6.08 Å². The van der Waals surface area contributed by atoms with E-state index in [9.17, 15) is 4.79 Å². The first-order valence-electron chi connectivity index (χ1n) is 7.80. The Morgan fingerprint density at radius 3 is 2.00 bits per heavy atom. The van der Waals surface area contributed by atoms with Crippen LogP contribution in [-0.2, 0) is 14.3 Å². The van der Waals surface area contributed by atoms with Crippen molar-refractivity contribution >= 4 is 5.97 Å². The molecule has 0 aromatic carbocycles. The lowest BCUT2D eigenvalue weighted by Crippen LogP contribution is -2.29. The minimum atomic E-state index is -0.911. The summed E-state index contributed by atoms with van der Waals surface area (Å²) in [4.78, 5) is 11.1. The summed E-state index contributed by atoms with van der Waals surface area (Å²) in [6.07, 6.45) is 24.5. The summed E-state index contributed by atoms with van der Waals surface area (Å²) in [7, 11) is 1.54. The van der Waals surface area contributed by atoms with E-state index in [2.05, 4.69) is 43.4 Å². The van der Waals surface area contributed by atoms with Gasteiger partial charge < -0.3 is 9.47 Å². The van der Waals surface area contributed by atoms with Crippen LogP contribution in [0.4, 0.5) is 0 Å². The zero-order chi connectivity index (χ0) is 16.1. The summed E-state index contributed by atoms with van der Waals surface area (Å²) in [5, 5.41) is 0. The van der Waals surface area contributed by atoms with Gasteiger partial charge in [-0.25, -0.2) is 4.79 Å². The molecular formula is C19H26O3. The molecule has 0 aromatic rings. The molecule has 1 atom stereocenters. The van der Waals surface area contributed by atoms with E-state index in [-0.39, 0.29) is 5.97 Å². The third-order valence-corrected chi connectivity index (χ3v) is 3.21. The second-order valence-electron chi connectivity index (χ2n) is 4.98. The largest absolute Gasteiger partial charge is 0.426 e. The Morgan fingerprint density at radius 1 is 1.00 bits per heavy atom. The molecule has 3 nitrogen and oxygen atoms in total. The van der Waals surface area contributed by atoms with Crippen molar-refractivity contribution in [2.75, 3.05) is 7.11 Å². The molecule has 0 saturated heterocycles. The highest BCUT2D eigenvalue weighted by atomic mass is 16.7. The molecule has 1 rings (SSSR count). The van der Waals surface area contributed by atoms with Crippen LogP contribution in [0.25, 0.3) is 0 Å². The maximum Gasteiger partial charge on any atom is 0.333 e. The zero-order valence-corrected chi connectivity index (χ0v) is 13.5. The van der Waals surface area contributed by atoms with Crippen molar-refractivity contribution in [3.05, 3.63) is 60.8 Å². The quantitative estimate of drug-likeness (QED) is 0.436. The Kier molecular flexibility index (Phi) is 8.92. The van der Waals surface area contributed by atoms with E-state index in [1.807, 2.05) is 12.2 Å². The highest BCUT2D eigenvalue weighted by Crippen LogP contribution is 2.25. The molecule has 1 unspecified atom stereocenters. The number of cyclic esters (lactones) is 1. The van der Waals surface area contributed by atoms with Gasteiger partial charge in [-0.15, -0.1) is 0 Å². The van der Waals surface area contributed by atoms with Crippen molar-refractivity contribution in [2.24, 2.45) is 0 Å². The Balaban J connectivity index is 2.16. The number of methoxy groups -OCH3 is 1. The molecule has 1 heterocycles. The second-order valence-corrected chi connectivity index (χ2v) is 4.98. The first-order valence-corrected chi connectivity index (χ1v) is 7.80. The van der Waals surface area contributed by atoms with Gasteiger partial charge in [0.2, 0.25) is 5.79 Å². The normalized spacial score (nSPS) is 22.0. The van der Waals surface area contributed by atoms with Gasteiger partial charge in [-0.2, -0.15) is 0 Å². The van der Waals surface area contributed by atoms with E-state index in [0.29, 0.717) is 6.42 Å². The van der Waals surface area contributed by atoms with Crippen LogP contribution in [0, 0.1) is 0 Å². The highest BCUT2D eigenvalue weighted by Gasteiger charge is 2.34. The summed E-state index contributed by atoms with van der Waals surface area (Å²) in [6.45, 7) is 2.14. The van der Waals surface area contributed by atoms with Gasteiger partial charge in [0.25, 0.3) is 0 Å².